The molecule has 0 spiro atoms. The Morgan fingerprint density at radius 1 is 1.07 bits per heavy atom. The molecule has 0 bridgehead atoms. The minimum absolute atomic E-state index is 0.145. The number of nitrogens with one attached hydrogen (secondary N) is 1. The Labute approximate surface area is 173 Å². The Hall–Kier alpha value is -3.31. The maximum absolute atomic E-state index is 13.0. The topological polar surface area (TPSA) is 58.6 Å². The molecule has 1 heterocycles. The molecule has 1 aliphatic heterocycles. The average Bonchev–Trinajstić information content (AvgIpc) is 2.80. The molecule has 0 unspecified atom stereocenters. The molecule has 6 heteroatoms. The van der Waals surface area contributed by atoms with Crippen LogP contribution in [-0.4, -0.2) is 18.9 Å². The molecule has 3 aromatic rings. The van der Waals surface area contributed by atoms with E-state index in [2.05, 4.69) is 5.32 Å². The van der Waals surface area contributed by atoms with Gasteiger partial charge < -0.3 is 15.0 Å². The summed E-state index contributed by atoms with van der Waals surface area (Å²) < 4.78 is 5.98. The van der Waals surface area contributed by atoms with E-state index in [0.717, 1.165) is 11.1 Å². The highest BCUT2D eigenvalue weighted by Crippen LogP contribution is 2.39. The molecule has 2 amide bonds. The molecule has 3 aromatic carbocycles. The van der Waals surface area contributed by atoms with Crippen molar-refractivity contribution in [3.63, 3.8) is 0 Å². The first-order chi connectivity index (χ1) is 13.9. The van der Waals surface area contributed by atoms with Gasteiger partial charge in [0.2, 0.25) is 5.91 Å². The van der Waals surface area contributed by atoms with Crippen molar-refractivity contribution < 1.29 is 14.3 Å². The van der Waals surface area contributed by atoms with E-state index >= 15 is 0 Å². The molecule has 0 saturated heterocycles. The number of fused-ring (bicyclic) bond motifs is 2. The fraction of sp³-hybridized carbons (Fsp3) is 0.130. The van der Waals surface area contributed by atoms with Gasteiger partial charge in [-0.15, -0.1) is 0 Å². The van der Waals surface area contributed by atoms with Crippen LogP contribution in [-0.2, 0) is 11.2 Å². The number of nitrogens with zero attached hydrogens (tertiary/aromatic N) is 1. The van der Waals surface area contributed by atoms with Crippen LogP contribution in [0, 0.1) is 6.92 Å². The molecular weight excluding hydrogens is 388 g/mol. The second kappa shape index (κ2) is 7.60. The molecule has 1 N–H and O–H groups in total. The summed E-state index contributed by atoms with van der Waals surface area (Å²) in [5.74, 6) is 0.646. The first kappa shape index (κ1) is 19.0. The Morgan fingerprint density at radius 2 is 1.83 bits per heavy atom. The number of benzene rings is 3. The van der Waals surface area contributed by atoms with Gasteiger partial charge in [0.05, 0.1) is 17.7 Å². The first-order valence-electron chi connectivity index (χ1n) is 9.16. The van der Waals surface area contributed by atoms with Crippen LogP contribution in [0.3, 0.4) is 0 Å². The normalized spacial score (nSPS) is 12.5. The number of carbonyl (C=O) groups is 2. The number of hydrogen-bond donors (Lipinski definition) is 1. The summed E-state index contributed by atoms with van der Waals surface area (Å²) in [6.45, 7) is 1.96. The summed E-state index contributed by atoms with van der Waals surface area (Å²) in [7, 11) is 1.71. The summed E-state index contributed by atoms with van der Waals surface area (Å²) in [4.78, 5) is 27.0. The lowest BCUT2D eigenvalue weighted by Crippen LogP contribution is -2.25. The van der Waals surface area contributed by atoms with Crippen molar-refractivity contribution in [1.82, 2.24) is 0 Å². The van der Waals surface area contributed by atoms with Crippen molar-refractivity contribution in [2.75, 3.05) is 17.3 Å². The second-order valence-corrected chi connectivity index (χ2v) is 7.37. The number of aryl methyl sites for hydroxylation is 1. The Bertz CT molecular complexity index is 1130. The maximum atomic E-state index is 13.0. The minimum atomic E-state index is -0.215. The van der Waals surface area contributed by atoms with Crippen LogP contribution < -0.4 is 15.0 Å². The lowest BCUT2D eigenvalue weighted by atomic mass is 10.1. The molecule has 0 fully saturated rings. The lowest BCUT2D eigenvalue weighted by molar-refractivity contribution is -0.115. The van der Waals surface area contributed by atoms with Crippen molar-refractivity contribution in [1.29, 1.82) is 0 Å². The summed E-state index contributed by atoms with van der Waals surface area (Å²) in [5, 5.41) is 3.37. The van der Waals surface area contributed by atoms with Gasteiger partial charge in [-0.25, -0.2) is 0 Å². The third-order valence-corrected chi connectivity index (χ3v) is 5.17. The average molecular weight is 407 g/mol. The zero-order valence-electron chi connectivity index (χ0n) is 16.0. The molecule has 1 aliphatic rings. The molecule has 5 nitrogen and oxygen atoms in total. The van der Waals surface area contributed by atoms with Crippen LogP contribution in [0.25, 0.3) is 0 Å². The van der Waals surface area contributed by atoms with Gasteiger partial charge in [0, 0.05) is 17.8 Å². The minimum Gasteiger partial charge on any atom is -0.454 e. The molecule has 0 aliphatic carbocycles. The summed E-state index contributed by atoms with van der Waals surface area (Å²) in [6, 6.07) is 18.0. The molecule has 0 saturated carbocycles. The largest absolute Gasteiger partial charge is 0.454 e. The van der Waals surface area contributed by atoms with E-state index < -0.39 is 0 Å². The summed E-state index contributed by atoms with van der Waals surface area (Å²) in [6.07, 6.45) is 0.145. The number of carbonyl (C=O) groups excluding carboxylic acids is 2. The van der Waals surface area contributed by atoms with E-state index in [0.29, 0.717) is 33.5 Å². The van der Waals surface area contributed by atoms with E-state index in [1.807, 2.05) is 43.3 Å². The van der Waals surface area contributed by atoms with Crippen molar-refractivity contribution in [3.8, 4) is 11.5 Å². The standard InChI is InChI=1S/C23H19ClN2O3/c1-14-7-9-21-19(11-14)26(2)23(28)17-13-16(8-10-20(17)29-21)25-22(27)12-15-5-3-4-6-18(15)24/h3-11,13H,12H2,1-2H3,(H,25,27). The third kappa shape index (κ3) is 3.82. The number of hydrogen-bond acceptors (Lipinski definition) is 3. The summed E-state index contributed by atoms with van der Waals surface area (Å²) >= 11 is 6.13. The van der Waals surface area contributed by atoms with Gasteiger partial charge in [-0.1, -0.05) is 35.9 Å². The van der Waals surface area contributed by atoms with Crippen LogP contribution >= 0.6 is 11.6 Å². The van der Waals surface area contributed by atoms with Crippen LogP contribution in [0.2, 0.25) is 5.02 Å². The number of rotatable bonds is 3. The van der Waals surface area contributed by atoms with Gasteiger partial charge in [0.25, 0.3) is 5.91 Å². The highest BCUT2D eigenvalue weighted by molar-refractivity contribution is 6.31. The number of halogens is 1. The quantitative estimate of drug-likeness (QED) is 0.649. The third-order valence-electron chi connectivity index (χ3n) is 4.80. The Kier molecular flexibility index (Phi) is 4.99. The van der Waals surface area contributed by atoms with Crippen molar-refractivity contribution in [2.45, 2.75) is 13.3 Å². The van der Waals surface area contributed by atoms with Gasteiger partial charge >= 0.3 is 0 Å². The zero-order valence-corrected chi connectivity index (χ0v) is 16.8. The number of amides is 2. The Morgan fingerprint density at radius 3 is 2.62 bits per heavy atom. The smallest absolute Gasteiger partial charge is 0.261 e. The van der Waals surface area contributed by atoms with E-state index in [1.165, 1.54) is 0 Å². The van der Waals surface area contributed by atoms with Gasteiger partial charge in [-0.3, -0.25) is 9.59 Å². The molecule has 146 valence electrons. The molecule has 0 atom stereocenters. The van der Waals surface area contributed by atoms with E-state index in [1.54, 1.807) is 36.2 Å². The number of ether oxygens (including phenoxy) is 1. The van der Waals surface area contributed by atoms with Crippen LogP contribution in [0.1, 0.15) is 21.5 Å². The second-order valence-electron chi connectivity index (χ2n) is 6.96. The first-order valence-corrected chi connectivity index (χ1v) is 9.54. The summed E-state index contributed by atoms with van der Waals surface area (Å²) in [5.41, 5.74) is 3.39. The highest BCUT2D eigenvalue weighted by atomic mass is 35.5. The van der Waals surface area contributed by atoms with Gasteiger partial charge in [0.1, 0.15) is 5.75 Å². The van der Waals surface area contributed by atoms with Gasteiger partial charge in [-0.05, 0) is 54.4 Å². The van der Waals surface area contributed by atoms with Gasteiger partial charge in [-0.2, -0.15) is 0 Å². The van der Waals surface area contributed by atoms with Crippen LogP contribution in [0.4, 0.5) is 11.4 Å². The van der Waals surface area contributed by atoms with Crippen molar-refractivity contribution >= 4 is 34.8 Å². The fourth-order valence-electron chi connectivity index (χ4n) is 3.27. The SMILES string of the molecule is Cc1ccc2c(c1)N(C)C(=O)c1cc(NC(=O)Cc3ccccc3Cl)ccc1O2. The zero-order chi connectivity index (χ0) is 20.5. The lowest BCUT2D eigenvalue weighted by Gasteiger charge is -2.16. The van der Waals surface area contributed by atoms with Crippen molar-refractivity contribution in [2.24, 2.45) is 0 Å². The molecular formula is C23H19ClN2O3. The molecule has 0 radical (unpaired) electrons. The van der Waals surface area contributed by atoms with Crippen molar-refractivity contribution in [3.05, 3.63) is 82.4 Å². The van der Waals surface area contributed by atoms with E-state index in [4.69, 9.17) is 16.3 Å². The fourth-order valence-corrected chi connectivity index (χ4v) is 3.47. The van der Waals surface area contributed by atoms with E-state index in [-0.39, 0.29) is 18.2 Å². The molecule has 0 aromatic heterocycles. The number of anilines is 2. The molecule has 4 rings (SSSR count). The Balaban J connectivity index is 1.59. The van der Waals surface area contributed by atoms with Crippen LogP contribution in [0.5, 0.6) is 11.5 Å². The van der Waals surface area contributed by atoms with Gasteiger partial charge in [0.15, 0.2) is 5.75 Å². The molecule has 29 heavy (non-hydrogen) atoms. The van der Waals surface area contributed by atoms with E-state index in [9.17, 15) is 9.59 Å². The predicted molar refractivity (Wildman–Crippen MR) is 114 cm³/mol. The maximum Gasteiger partial charge on any atom is 0.261 e. The highest BCUT2D eigenvalue weighted by Gasteiger charge is 2.26. The van der Waals surface area contributed by atoms with Crippen LogP contribution in [0.15, 0.2) is 60.7 Å². The predicted octanol–water partition coefficient (Wildman–Crippen LogP) is 5.21. The monoisotopic (exact) mass is 406 g/mol.